The van der Waals surface area contributed by atoms with E-state index in [4.69, 9.17) is 22.1 Å². The number of nitrogen functional groups attached to an aromatic ring is 1. The molecule has 0 saturated heterocycles. The number of ether oxygens (including phenoxy) is 1. The maximum atomic E-state index is 11.8. The van der Waals surface area contributed by atoms with Gasteiger partial charge in [0.25, 0.3) is 5.91 Å². The van der Waals surface area contributed by atoms with Crippen LogP contribution in [0, 0.1) is 0 Å². The third kappa shape index (κ3) is 3.97. The van der Waals surface area contributed by atoms with Gasteiger partial charge < -0.3 is 15.8 Å². The Bertz CT molecular complexity index is 674. The molecule has 0 saturated carbocycles. The van der Waals surface area contributed by atoms with Gasteiger partial charge in [-0.15, -0.1) is 0 Å². The van der Waals surface area contributed by atoms with Gasteiger partial charge in [-0.25, -0.2) is 0 Å². The minimum atomic E-state index is -0.359. The van der Waals surface area contributed by atoms with E-state index in [1.54, 1.807) is 36.4 Å². The molecule has 0 aliphatic carbocycles. The maximum absolute atomic E-state index is 11.8. The van der Waals surface area contributed by atoms with Gasteiger partial charge in [0.2, 0.25) is 0 Å². The molecule has 0 fully saturated rings. The van der Waals surface area contributed by atoms with Crippen molar-refractivity contribution in [2.24, 2.45) is 0 Å². The lowest BCUT2D eigenvalue weighted by atomic mass is 10.2. The van der Waals surface area contributed by atoms with Crippen LogP contribution in [0.25, 0.3) is 0 Å². The van der Waals surface area contributed by atoms with Crippen LogP contribution in [-0.2, 0) is 4.79 Å². The molecular formula is C15H13ClN2O3. The van der Waals surface area contributed by atoms with Gasteiger partial charge in [0.05, 0.1) is 16.4 Å². The summed E-state index contributed by atoms with van der Waals surface area (Å²) in [5.74, 6) is -0.0168. The van der Waals surface area contributed by atoms with Crippen LogP contribution in [0.15, 0.2) is 42.5 Å². The number of rotatable bonds is 5. The normalized spacial score (nSPS) is 9.95. The van der Waals surface area contributed by atoms with Crippen LogP contribution in [0.2, 0.25) is 5.02 Å². The van der Waals surface area contributed by atoms with E-state index in [2.05, 4.69) is 5.32 Å². The van der Waals surface area contributed by atoms with Gasteiger partial charge in [-0.05, 0) is 30.3 Å². The summed E-state index contributed by atoms with van der Waals surface area (Å²) in [5, 5.41) is 3.07. The number of benzene rings is 2. The first-order valence-corrected chi connectivity index (χ1v) is 6.50. The standard InChI is InChI=1S/C15H13ClN2O3/c16-11-3-1-2-4-13(11)18-15(20)9-21-14-6-5-10(8-19)7-12(14)17/h1-8H,9,17H2,(H,18,20). The van der Waals surface area contributed by atoms with E-state index in [-0.39, 0.29) is 12.5 Å². The summed E-state index contributed by atoms with van der Waals surface area (Å²) < 4.78 is 5.31. The summed E-state index contributed by atoms with van der Waals surface area (Å²) in [5.41, 5.74) is 6.98. The second-order valence-electron chi connectivity index (χ2n) is 4.23. The van der Waals surface area contributed by atoms with Crippen molar-refractivity contribution in [1.82, 2.24) is 0 Å². The fraction of sp³-hybridized carbons (Fsp3) is 0.0667. The molecule has 0 aliphatic heterocycles. The fourth-order valence-electron chi connectivity index (χ4n) is 1.66. The smallest absolute Gasteiger partial charge is 0.262 e. The number of anilines is 2. The molecule has 2 rings (SSSR count). The lowest BCUT2D eigenvalue weighted by Crippen LogP contribution is -2.20. The number of carbonyl (C=O) groups excluding carboxylic acids is 2. The highest BCUT2D eigenvalue weighted by Gasteiger charge is 2.08. The van der Waals surface area contributed by atoms with Crippen molar-refractivity contribution >= 4 is 35.2 Å². The molecule has 21 heavy (non-hydrogen) atoms. The zero-order valence-electron chi connectivity index (χ0n) is 11.0. The number of nitrogens with one attached hydrogen (secondary N) is 1. The first-order valence-electron chi connectivity index (χ1n) is 6.12. The zero-order chi connectivity index (χ0) is 15.2. The molecule has 0 radical (unpaired) electrons. The first-order chi connectivity index (χ1) is 10.1. The maximum Gasteiger partial charge on any atom is 0.262 e. The molecule has 0 atom stereocenters. The summed E-state index contributed by atoms with van der Waals surface area (Å²) in [7, 11) is 0. The number of hydrogen-bond acceptors (Lipinski definition) is 4. The van der Waals surface area contributed by atoms with Crippen molar-refractivity contribution in [1.29, 1.82) is 0 Å². The summed E-state index contributed by atoms with van der Waals surface area (Å²) >= 11 is 5.94. The quantitative estimate of drug-likeness (QED) is 0.657. The van der Waals surface area contributed by atoms with Gasteiger partial charge in [0.15, 0.2) is 6.61 Å². The molecule has 0 unspecified atom stereocenters. The molecule has 108 valence electrons. The summed E-state index contributed by atoms with van der Waals surface area (Å²) in [6.07, 6.45) is 0.685. The second kappa shape index (κ2) is 6.76. The number of para-hydroxylation sites is 1. The Labute approximate surface area is 126 Å². The molecule has 3 N–H and O–H groups in total. The summed E-state index contributed by atoms with van der Waals surface area (Å²) in [4.78, 5) is 22.4. The number of hydrogen-bond donors (Lipinski definition) is 2. The molecule has 0 heterocycles. The van der Waals surface area contributed by atoms with Crippen LogP contribution in [0.4, 0.5) is 11.4 Å². The van der Waals surface area contributed by atoms with Crippen LogP contribution >= 0.6 is 11.6 Å². The SMILES string of the molecule is Nc1cc(C=O)ccc1OCC(=O)Nc1ccccc1Cl. The third-order valence-electron chi connectivity index (χ3n) is 2.68. The molecule has 6 heteroatoms. The number of nitrogens with two attached hydrogens (primary N) is 1. The number of halogens is 1. The highest BCUT2D eigenvalue weighted by molar-refractivity contribution is 6.33. The molecule has 1 amide bonds. The highest BCUT2D eigenvalue weighted by Crippen LogP contribution is 2.23. The highest BCUT2D eigenvalue weighted by atomic mass is 35.5. The zero-order valence-corrected chi connectivity index (χ0v) is 11.8. The van der Waals surface area contributed by atoms with Crippen molar-refractivity contribution in [3.63, 3.8) is 0 Å². The Morgan fingerprint density at radius 1 is 1.29 bits per heavy atom. The molecule has 5 nitrogen and oxygen atoms in total. The van der Waals surface area contributed by atoms with Crippen LogP contribution in [0.1, 0.15) is 10.4 Å². The Morgan fingerprint density at radius 2 is 2.05 bits per heavy atom. The Morgan fingerprint density at radius 3 is 2.71 bits per heavy atom. The van der Waals surface area contributed by atoms with Gasteiger partial charge >= 0.3 is 0 Å². The van der Waals surface area contributed by atoms with Crippen molar-refractivity contribution < 1.29 is 14.3 Å². The Kier molecular flexibility index (Phi) is 4.79. The molecular weight excluding hydrogens is 292 g/mol. The predicted octanol–water partition coefficient (Wildman–Crippen LogP) is 2.75. The second-order valence-corrected chi connectivity index (χ2v) is 4.64. The van der Waals surface area contributed by atoms with E-state index in [1.807, 2.05) is 0 Å². The van der Waals surface area contributed by atoms with Crippen LogP contribution in [0.5, 0.6) is 5.75 Å². The van der Waals surface area contributed by atoms with Gasteiger partial charge in [-0.2, -0.15) is 0 Å². The Balaban J connectivity index is 1.95. The van der Waals surface area contributed by atoms with E-state index in [9.17, 15) is 9.59 Å². The molecule has 0 aromatic heterocycles. The minimum Gasteiger partial charge on any atom is -0.482 e. The van der Waals surface area contributed by atoms with E-state index in [0.717, 1.165) is 0 Å². The summed E-state index contributed by atoms with van der Waals surface area (Å²) in [6.45, 7) is -0.212. The molecule has 0 bridgehead atoms. The van der Waals surface area contributed by atoms with Crippen LogP contribution in [0.3, 0.4) is 0 Å². The van der Waals surface area contributed by atoms with E-state index >= 15 is 0 Å². The first kappa shape index (κ1) is 14.9. The Hall–Kier alpha value is -2.53. The average molecular weight is 305 g/mol. The largest absolute Gasteiger partial charge is 0.482 e. The van der Waals surface area contributed by atoms with Crippen molar-refractivity contribution in [3.8, 4) is 5.75 Å². The van der Waals surface area contributed by atoms with E-state index in [0.29, 0.717) is 34.0 Å². The molecule has 0 spiro atoms. The van der Waals surface area contributed by atoms with Gasteiger partial charge in [0.1, 0.15) is 12.0 Å². The van der Waals surface area contributed by atoms with E-state index < -0.39 is 0 Å². The van der Waals surface area contributed by atoms with Gasteiger partial charge in [-0.3, -0.25) is 9.59 Å². The van der Waals surface area contributed by atoms with Crippen molar-refractivity contribution in [2.75, 3.05) is 17.7 Å². The lowest BCUT2D eigenvalue weighted by molar-refractivity contribution is -0.118. The lowest BCUT2D eigenvalue weighted by Gasteiger charge is -2.10. The topological polar surface area (TPSA) is 81.4 Å². The van der Waals surface area contributed by atoms with Gasteiger partial charge in [-0.1, -0.05) is 23.7 Å². The summed E-state index contributed by atoms with van der Waals surface area (Å²) in [6, 6.07) is 11.5. The molecule has 2 aromatic rings. The third-order valence-corrected chi connectivity index (χ3v) is 3.01. The van der Waals surface area contributed by atoms with Crippen molar-refractivity contribution in [2.45, 2.75) is 0 Å². The molecule has 0 aliphatic rings. The van der Waals surface area contributed by atoms with Crippen molar-refractivity contribution in [3.05, 3.63) is 53.1 Å². The number of amides is 1. The number of carbonyl (C=O) groups is 2. The van der Waals surface area contributed by atoms with Crippen LogP contribution in [-0.4, -0.2) is 18.8 Å². The minimum absolute atomic E-state index is 0.212. The monoisotopic (exact) mass is 304 g/mol. The van der Waals surface area contributed by atoms with E-state index in [1.165, 1.54) is 6.07 Å². The predicted molar refractivity (Wildman–Crippen MR) is 81.8 cm³/mol. The van der Waals surface area contributed by atoms with Crippen LogP contribution < -0.4 is 15.8 Å². The molecule has 2 aromatic carbocycles. The number of aldehydes is 1. The fourth-order valence-corrected chi connectivity index (χ4v) is 1.85. The van der Waals surface area contributed by atoms with Gasteiger partial charge in [0, 0.05) is 5.56 Å². The average Bonchev–Trinajstić information content (AvgIpc) is 2.48.